The lowest BCUT2D eigenvalue weighted by Gasteiger charge is -2.26. The van der Waals surface area contributed by atoms with Crippen molar-refractivity contribution >= 4 is 24.2 Å². The Morgan fingerprint density at radius 2 is 0.850 bits per heavy atom. The molecule has 1 aliphatic carbocycles. The standard InChI is InChI=1S/C17H32Si3/c1-18(2,3)15-10-12-16(19(4,5)6)14-17(13-11-15)20(7,8)9/h10-14H,1-9H3/b12-10-,13-11?,15-10?,15-11+,16-12?,16-14+,17-13+,17-14?. The van der Waals surface area contributed by atoms with E-state index in [-0.39, 0.29) is 0 Å². The Labute approximate surface area is 129 Å². The molecule has 0 amide bonds. The zero-order valence-corrected chi connectivity index (χ0v) is 17.9. The SMILES string of the molecule is C[Si](C)(C)C1=C/C=C([Si](C)(C)C)\C=C([Si](C)(C)C)/C=C\1. The summed E-state index contributed by atoms with van der Waals surface area (Å²) in [5, 5.41) is 4.75. The number of rotatable bonds is 3. The normalized spacial score (nSPS) is 27.4. The highest BCUT2D eigenvalue weighted by molar-refractivity contribution is 6.86. The second-order valence-electron chi connectivity index (χ2n) is 8.93. The Bertz CT molecular complexity index is 484. The van der Waals surface area contributed by atoms with Crippen molar-refractivity contribution < 1.29 is 0 Å². The molecule has 0 fully saturated rings. The largest absolute Gasteiger partial charge is 0.0775 e. The molecule has 0 N–H and O–H groups in total. The van der Waals surface area contributed by atoms with Crippen LogP contribution in [0, 0.1) is 0 Å². The molecular formula is C17H32Si3. The highest BCUT2D eigenvalue weighted by atomic mass is 28.3. The Hall–Kier alpha value is -0.389. The molecule has 0 unspecified atom stereocenters. The van der Waals surface area contributed by atoms with E-state index in [2.05, 4.69) is 89.3 Å². The van der Waals surface area contributed by atoms with Gasteiger partial charge in [0.25, 0.3) is 0 Å². The van der Waals surface area contributed by atoms with E-state index in [4.69, 9.17) is 0 Å². The first-order valence-corrected chi connectivity index (χ1v) is 18.1. The van der Waals surface area contributed by atoms with Gasteiger partial charge in [0, 0.05) is 0 Å². The van der Waals surface area contributed by atoms with E-state index in [9.17, 15) is 0 Å². The first kappa shape index (κ1) is 17.7. The minimum absolute atomic E-state index is 1.26. The van der Waals surface area contributed by atoms with Crippen LogP contribution in [0.15, 0.2) is 46.0 Å². The molecule has 3 heteroatoms. The van der Waals surface area contributed by atoms with Crippen LogP contribution in [-0.4, -0.2) is 24.2 Å². The topological polar surface area (TPSA) is 0 Å². The number of hydrogen-bond acceptors (Lipinski definition) is 0. The van der Waals surface area contributed by atoms with Crippen molar-refractivity contribution in [3.63, 3.8) is 0 Å². The average molecular weight is 321 g/mol. The molecule has 1 rings (SSSR count). The van der Waals surface area contributed by atoms with Gasteiger partial charge in [-0.05, 0) is 0 Å². The fourth-order valence-corrected chi connectivity index (χ4v) is 5.77. The van der Waals surface area contributed by atoms with Crippen LogP contribution < -0.4 is 0 Å². The summed E-state index contributed by atoms with van der Waals surface area (Å²) in [6, 6.07) is 0. The van der Waals surface area contributed by atoms with E-state index in [1.165, 1.54) is 0 Å². The van der Waals surface area contributed by atoms with Crippen LogP contribution in [0.25, 0.3) is 0 Å². The third-order valence-electron chi connectivity index (χ3n) is 3.79. The molecule has 112 valence electrons. The summed E-state index contributed by atoms with van der Waals surface area (Å²) in [5.74, 6) is 0. The minimum Gasteiger partial charge on any atom is -0.0656 e. The number of hydrogen-bond donors (Lipinski definition) is 0. The monoisotopic (exact) mass is 320 g/mol. The van der Waals surface area contributed by atoms with Crippen molar-refractivity contribution in [2.75, 3.05) is 0 Å². The van der Waals surface area contributed by atoms with E-state index in [0.29, 0.717) is 0 Å². The van der Waals surface area contributed by atoms with Crippen molar-refractivity contribution in [2.45, 2.75) is 58.9 Å². The summed E-state index contributed by atoms with van der Waals surface area (Å²) in [6.45, 7) is 22.0. The molecule has 1 aliphatic rings. The highest BCUT2D eigenvalue weighted by Gasteiger charge is 2.24. The van der Waals surface area contributed by atoms with E-state index in [0.717, 1.165) is 0 Å². The van der Waals surface area contributed by atoms with Gasteiger partial charge < -0.3 is 0 Å². The van der Waals surface area contributed by atoms with E-state index >= 15 is 0 Å². The summed E-state index contributed by atoms with van der Waals surface area (Å²) in [5.41, 5.74) is 0. The maximum Gasteiger partial charge on any atom is 0.0775 e. The zero-order chi connectivity index (χ0) is 15.8. The summed E-state index contributed by atoms with van der Waals surface area (Å²) >= 11 is 0. The van der Waals surface area contributed by atoms with E-state index < -0.39 is 24.2 Å². The fourth-order valence-electron chi connectivity index (χ4n) is 2.11. The molecule has 0 aromatic rings. The van der Waals surface area contributed by atoms with Crippen LogP contribution >= 0.6 is 0 Å². The zero-order valence-electron chi connectivity index (χ0n) is 14.9. The van der Waals surface area contributed by atoms with Crippen LogP contribution in [-0.2, 0) is 0 Å². The van der Waals surface area contributed by atoms with Gasteiger partial charge in [-0.15, -0.1) is 0 Å². The number of allylic oxidation sites excluding steroid dienone is 8. The predicted octanol–water partition coefficient (Wildman–Crippen LogP) is 5.97. The lowest BCUT2D eigenvalue weighted by molar-refractivity contribution is 1.54. The second kappa shape index (κ2) is 5.78. The van der Waals surface area contributed by atoms with Gasteiger partial charge in [0.15, 0.2) is 0 Å². The Morgan fingerprint density at radius 3 is 1.25 bits per heavy atom. The molecule has 0 aromatic heterocycles. The molecule has 0 heterocycles. The highest BCUT2D eigenvalue weighted by Crippen LogP contribution is 2.27. The molecule has 0 aromatic carbocycles. The van der Waals surface area contributed by atoms with Gasteiger partial charge in [-0.3, -0.25) is 0 Å². The van der Waals surface area contributed by atoms with E-state index in [1.54, 1.807) is 15.6 Å². The quantitative estimate of drug-likeness (QED) is 0.562. The molecule has 0 atom stereocenters. The van der Waals surface area contributed by atoms with Gasteiger partial charge >= 0.3 is 0 Å². The van der Waals surface area contributed by atoms with Crippen molar-refractivity contribution in [1.82, 2.24) is 0 Å². The van der Waals surface area contributed by atoms with Gasteiger partial charge in [-0.25, -0.2) is 0 Å². The minimum atomic E-state index is -1.28. The Balaban J connectivity index is 3.42. The first-order valence-electron chi connectivity index (χ1n) is 7.65. The van der Waals surface area contributed by atoms with Gasteiger partial charge in [0.05, 0.1) is 24.2 Å². The van der Waals surface area contributed by atoms with Gasteiger partial charge in [0.2, 0.25) is 0 Å². The van der Waals surface area contributed by atoms with Gasteiger partial charge in [0.1, 0.15) is 0 Å². The van der Waals surface area contributed by atoms with Crippen molar-refractivity contribution in [3.05, 3.63) is 46.0 Å². The summed E-state index contributed by atoms with van der Waals surface area (Å²) in [4.78, 5) is 0. The Morgan fingerprint density at radius 1 is 0.500 bits per heavy atom. The lowest BCUT2D eigenvalue weighted by atomic mass is 10.3. The molecule has 0 bridgehead atoms. The maximum absolute atomic E-state index is 2.51. The third kappa shape index (κ3) is 4.86. The maximum atomic E-state index is 2.51. The van der Waals surface area contributed by atoms with Crippen LogP contribution in [0.1, 0.15) is 0 Å². The van der Waals surface area contributed by atoms with Crippen molar-refractivity contribution in [1.29, 1.82) is 0 Å². The molecule has 0 nitrogen and oxygen atoms in total. The van der Waals surface area contributed by atoms with Gasteiger partial charge in [-0.2, -0.15) is 0 Å². The van der Waals surface area contributed by atoms with Crippen LogP contribution in [0.2, 0.25) is 58.9 Å². The molecule has 0 saturated carbocycles. The average Bonchev–Trinajstić information content (AvgIpc) is 2.09. The molecule has 20 heavy (non-hydrogen) atoms. The molecule has 0 aliphatic heterocycles. The molecule has 0 radical (unpaired) electrons. The lowest BCUT2D eigenvalue weighted by Crippen LogP contribution is -2.28. The summed E-state index contributed by atoms with van der Waals surface area (Å²) < 4.78 is 0. The Kier molecular flexibility index (Phi) is 5.10. The van der Waals surface area contributed by atoms with Crippen LogP contribution in [0.5, 0.6) is 0 Å². The van der Waals surface area contributed by atoms with E-state index in [1.807, 2.05) is 0 Å². The smallest absolute Gasteiger partial charge is 0.0656 e. The van der Waals surface area contributed by atoms with Crippen LogP contribution in [0.3, 0.4) is 0 Å². The summed E-state index contributed by atoms with van der Waals surface area (Å²) in [6.07, 6.45) is 12.1. The van der Waals surface area contributed by atoms with Gasteiger partial charge in [-0.1, -0.05) is 105 Å². The van der Waals surface area contributed by atoms with Crippen molar-refractivity contribution in [2.24, 2.45) is 0 Å². The second-order valence-corrected chi connectivity index (χ2v) is 24.2. The summed E-state index contributed by atoms with van der Waals surface area (Å²) in [7, 11) is -3.81. The fraction of sp³-hybridized carbons (Fsp3) is 0.529. The first-order chi connectivity index (χ1) is 8.82. The molecule has 0 saturated heterocycles. The molecular weight excluding hydrogens is 288 g/mol. The van der Waals surface area contributed by atoms with Crippen LogP contribution in [0.4, 0.5) is 0 Å². The van der Waals surface area contributed by atoms with Crippen molar-refractivity contribution in [3.8, 4) is 0 Å². The molecule has 0 spiro atoms. The predicted molar refractivity (Wildman–Crippen MR) is 103 cm³/mol. The third-order valence-corrected chi connectivity index (χ3v) is 9.95.